The highest BCUT2D eigenvalue weighted by Gasteiger charge is 2.19. The molecule has 0 aromatic rings. The van der Waals surface area contributed by atoms with Crippen LogP contribution in [0.1, 0.15) is 304 Å². The summed E-state index contributed by atoms with van der Waals surface area (Å²) in [6, 6.07) is 0. The topological polar surface area (TPSA) is 78.9 Å². The highest BCUT2D eigenvalue weighted by molar-refractivity contribution is 5.71. The van der Waals surface area contributed by atoms with E-state index >= 15 is 0 Å². The minimum atomic E-state index is -0.762. The van der Waals surface area contributed by atoms with Crippen LogP contribution in [-0.2, 0) is 28.6 Å². The van der Waals surface area contributed by atoms with E-state index in [1.807, 2.05) is 0 Å². The van der Waals surface area contributed by atoms with Gasteiger partial charge in [0.25, 0.3) is 0 Å². The number of esters is 3. The maximum Gasteiger partial charge on any atom is 0.306 e. The highest BCUT2D eigenvalue weighted by atomic mass is 16.6. The van der Waals surface area contributed by atoms with Gasteiger partial charge in [-0.15, -0.1) is 0 Å². The summed E-state index contributed by atoms with van der Waals surface area (Å²) in [5.74, 6) is 0.841. The smallest absolute Gasteiger partial charge is 0.306 e. The van der Waals surface area contributed by atoms with E-state index in [2.05, 4.69) is 34.6 Å². The maximum absolute atomic E-state index is 12.8. The van der Waals surface area contributed by atoms with E-state index in [9.17, 15) is 14.4 Å². The van der Waals surface area contributed by atoms with Crippen molar-refractivity contribution in [2.75, 3.05) is 13.2 Å². The molecule has 6 nitrogen and oxygen atoms in total. The molecule has 2 atom stereocenters. The molecule has 0 aliphatic rings. The van der Waals surface area contributed by atoms with Crippen LogP contribution in [0.3, 0.4) is 0 Å². The monoisotopic (exact) mass is 863 g/mol. The van der Waals surface area contributed by atoms with Crippen LogP contribution < -0.4 is 0 Å². The summed E-state index contributed by atoms with van der Waals surface area (Å²) >= 11 is 0. The summed E-state index contributed by atoms with van der Waals surface area (Å²) < 4.78 is 16.8. The molecular formula is C55H106O6. The van der Waals surface area contributed by atoms with Gasteiger partial charge in [-0.2, -0.15) is 0 Å². The number of carbonyl (C=O) groups excluding carboxylic acids is 3. The molecule has 6 heteroatoms. The lowest BCUT2D eigenvalue weighted by molar-refractivity contribution is -0.167. The average molecular weight is 863 g/mol. The molecule has 0 saturated heterocycles. The second-order valence-corrected chi connectivity index (χ2v) is 19.6. The molecule has 0 aliphatic carbocycles. The molecule has 0 radical (unpaired) electrons. The number of ether oxygens (including phenoxy) is 3. The van der Waals surface area contributed by atoms with Crippen LogP contribution in [-0.4, -0.2) is 37.2 Å². The van der Waals surface area contributed by atoms with Gasteiger partial charge >= 0.3 is 17.9 Å². The number of hydrogen-bond donors (Lipinski definition) is 0. The Morgan fingerprint density at radius 1 is 0.344 bits per heavy atom. The number of carbonyl (C=O) groups is 3. The SMILES string of the molecule is CCCCCCCCCCCCCCCCCC(=O)OC[C@@H](COC(=O)CCCCCCCCCCC(C)CC)OC(=O)CCCCCCCCCCCCCCCC(C)C. The first-order valence-electron chi connectivity index (χ1n) is 27.3. The van der Waals surface area contributed by atoms with E-state index in [0.717, 1.165) is 69.6 Å². The van der Waals surface area contributed by atoms with Gasteiger partial charge in [0, 0.05) is 19.3 Å². The predicted octanol–water partition coefficient (Wildman–Crippen LogP) is 17.7. The van der Waals surface area contributed by atoms with E-state index in [1.165, 1.54) is 193 Å². The quantitative estimate of drug-likeness (QED) is 0.0344. The van der Waals surface area contributed by atoms with Gasteiger partial charge < -0.3 is 14.2 Å². The molecule has 0 aromatic heterocycles. The summed E-state index contributed by atoms with van der Waals surface area (Å²) in [6.07, 6.45) is 49.4. The first-order chi connectivity index (χ1) is 29.8. The molecule has 0 bridgehead atoms. The second-order valence-electron chi connectivity index (χ2n) is 19.6. The maximum atomic E-state index is 12.8. The third-order valence-electron chi connectivity index (χ3n) is 12.8. The van der Waals surface area contributed by atoms with Crippen LogP contribution in [0.2, 0.25) is 0 Å². The van der Waals surface area contributed by atoms with E-state index in [0.29, 0.717) is 19.3 Å². The van der Waals surface area contributed by atoms with Crippen LogP contribution in [0.5, 0.6) is 0 Å². The third kappa shape index (κ3) is 47.7. The Morgan fingerprint density at radius 3 is 0.934 bits per heavy atom. The normalized spacial score (nSPS) is 12.5. The van der Waals surface area contributed by atoms with E-state index < -0.39 is 6.10 Å². The highest BCUT2D eigenvalue weighted by Crippen LogP contribution is 2.18. The van der Waals surface area contributed by atoms with Crippen molar-refractivity contribution in [2.45, 2.75) is 310 Å². The average Bonchev–Trinajstić information content (AvgIpc) is 3.24. The first kappa shape index (κ1) is 59.4. The summed E-state index contributed by atoms with van der Waals surface area (Å²) in [7, 11) is 0. The third-order valence-corrected chi connectivity index (χ3v) is 12.8. The molecule has 0 spiro atoms. The molecule has 0 N–H and O–H groups in total. The van der Waals surface area contributed by atoms with Gasteiger partial charge in [0.1, 0.15) is 13.2 Å². The van der Waals surface area contributed by atoms with Gasteiger partial charge in [0.05, 0.1) is 0 Å². The Labute approximate surface area is 380 Å². The summed E-state index contributed by atoms with van der Waals surface area (Å²) in [5, 5.41) is 0. The molecule has 0 amide bonds. The molecule has 362 valence electrons. The lowest BCUT2D eigenvalue weighted by Gasteiger charge is -2.18. The fourth-order valence-corrected chi connectivity index (χ4v) is 8.31. The fourth-order valence-electron chi connectivity index (χ4n) is 8.31. The first-order valence-corrected chi connectivity index (χ1v) is 27.3. The van der Waals surface area contributed by atoms with Crippen LogP contribution in [0, 0.1) is 11.8 Å². The van der Waals surface area contributed by atoms with Gasteiger partial charge in [-0.05, 0) is 31.1 Å². The Kier molecular flexibility index (Phi) is 46.6. The molecule has 0 fully saturated rings. The van der Waals surface area contributed by atoms with Gasteiger partial charge in [-0.3, -0.25) is 14.4 Å². The van der Waals surface area contributed by atoms with Gasteiger partial charge in [-0.25, -0.2) is 0 Å². The van der Waals surface area contributed by atoms with Gasteiger partial charge in [-0.1, -0.05) is 266 Å². The second kappa shape index (κ2) is 47.9. The summed E-state index contributed by atoms with van der Waals surface area (Å²) in [5.41, 5.74) is 0. The Hall–Kier alpha value is -1.59. The van der Waals surface area contributed by atoms with Crippen molar-refractivity contribution in [2.24, 2.45) is 11.8 Å². The molecule has 0 rings (SSSR count). The van der Waals surface area contributed by atoms with Crippen LogP contribution in [0.25, 0.3) is 0 Å². The van der Waals surface area contributed by atoms with Crippen molar-refractivity contribution >= 4 is 17.9 Å². The van der Waals surface area contributed by atoms with Gasteiger partial charge in [0.2, 0.25) is 0 Å². The summed E-state index contributed by atoms with van der Waals surface area (Å²) in [4.78, 5) is 38.0. The van der Waals surface area contributed by atoms with Crippen molar-refractivity contribution in [3.63, 3.8) is 0 Å². The van der Waals surface area contributed by atoms with Crippen molar-refractivity contribution in [3.8, 4) is 0 Å². The molecule has 0 saturated carbocycles. The van der Waals surface area contributed by atoms with Crippen molar-refractivity contribution in [1.82, 2.24) is 0 Å². The number of hydrogen-bond acceptors (Lipinski definition) is 6. The van der Waals surface area contributed by atoms with Crippen LogP contribution in [0.15, 0.2) is 0 Å². The van der Waals surface area contributed by atoms with Crippen molar-refractivity contribution in [3.05, 3.63) is 0 Å². The van der Waals surface area contributed by atoms with E-state index in [4.69, 9.17) is 14.2 Å². The lowest BCUT2D eigenvalue weighted by atomic mass is 9.99. The predicted molar refractivity (Wildman–Crippen MR) is 261 cm³/mol. The molecule has 0 aliphatic heterocycles. The van der Waals surface area contributed by atoms with E-state index in [1.54, 1.807) is 0 Å². The van der Waals surface area contributed by atoms with Crippen LogP contribution >= 0.6 is 0 Å². The Balaban J connectivity index is 4.31. The number of rotatable bonds is 49. The van der Waals surface area contributed by atoms with E-state index in [-0.39, 0.29) is 31.1 Å². The van der Waals surface area contributed by atoms with Gasteiger partial charge in [0.15, 0.2) is 6.10 Å². The molecule has 0 heterocycles. The fraction of sp³-hybridized carbons (Fsp3) is 0.945. The standard InChI is InChI=1S/C55H106O6/c1-6-8-9-10-11-12-13-14-15-18-21-24-30-35-40-45-53(56)59-48-52(49-60-54(57)46-41-36-31-27-26-29-34-39-44-51(5)7-2)61-55(58)47-42-37-32-25-22-19-16-17-20-23-28-33-38-43-50(3)4/h50-52H,6-49H2,1-5H3/t51?,52-/m0/s1. The Morgan fingerprint density at radius 2 is 0.623 bits per heavy atom. The lowest BCUT2D eigenvalue weighted by Crippen LogP contribution is -2.30. The molecule has 1 unspecified atom stereocenters. The Bertz CT molecular complexity index is 933. The van der Waals surface area contributed by atoms with Crippen molar-refractivity contribution < 1.29 is 28.6 Å². The minimum Gasteiger partial charge on any atom is -0.462 e. The molecule has 61 heavy (non-hydrogen) atoms. The zero-order valence-corrected chi connectivity index (χ0v) is 41.8. The van der Waals surface area contributed by atoms with Crippen molar-refractivity contribution in [1.29, 1.82) is 0 Å². The minimum absolute atomic E-state index is 0.0634. The largest absolute Gasteiger partial charge is 0.462 e. The molecular weight excluding hydrogens is 757 g/mol. The van der Waals surface area contributed by atoms with Crippen LogP contribution in [0.4, 0.5) is 0 Å². The molecule has 0 aromatic carbocycles. The zero-order valence-electron chi connectivity index (χ0n) is 41.8. The zero-order chi connectivity index (χ0) is 44.7. The number of unbranched alkanes of at least 4 members (excludes halogenated alkanes) is 33. The summed E-state index contributed by atoms with van der Waals surface area (Å²) in [6.45, 7) is 11.4.